The molecule has 7 nitrogen and oxygen atoms in total. The van der Waals surface area contributed by atoms with Gasteiger partial charge < -0.3 is 15.2 Å². The molecule has 1 atom stereocenters. The molecule has 0 fully saturated rings. The number of amides is 1. The van der Waals surface area contributed by atoms with Crippen LogP contribution in [0.1, 0.15) is 41.2 Å². The van der Waals surface area contributed by atoms with E-state index in [0.717, 1.165) is 17.8 Å². The highest BCUT2D eigenvalue weighted by atomic mass is 16.5. The van der Waals surface area contributed by atoms with Gasteiger partial charge in [-0.05, 0) is 18.2 Å². The van der Waals surface area contributed by atoms with Crippen LogP contribution in [-0.2, 0) is 6.42 Å². The quantitative estimate of drug-likeness (QED) is 0.660. The van der Waals surface area contributed by atoms with Gasteiger partial charge in [0.15, 0.2) is 5.82 Å². The normalized spacial score (nSPS) is 15.7. The van der Waals surface area contributed by atoms with Crippen molar-refractivity contribution in [1.82, 2.24) is 15.2 Å². The lowest BCUT2D eigenvalue weighted by Crippen LogP contribution is -2.18. The van der Waals surface area contributed by atoms with Crippen LogP contribution >= 0.6 is 0 Å². The highest BCUT2D eigenvalue weighted by Crippen LogP contribution is 2.38. The number of carbonyl (C=O) groups excluding carboxylic acids is 1. The number of rotatable bonds is 4. The fourth-order valence-corrected chi connectivity index (χ4v) is 3.05. The van der Waals surface area contributed by atoms with Gasteiger partial charge in [0.25, 0.3) is 5.91 Å². The molecule has 1 aromatic heterocycles. The third-order valence-corrected chi connectivity index (χ3v) is 4.56. The van der Waals surface area contributed by atoms with Crippen molar-refractivity contribution in [3.8, 4) is 17.1 Å². The maximum Gasteiger partial charge on any atom is 0.255 e. The van der Waals surface area contributed by atoms with Gasteiger partial charge in [0.05, 0.1) is 18.4 Å². The smallest absolute Gasteiger partial charge is 0.255 e. The Labute approximate surface area is 156 Å². The van der Waals surface area contributed by atoms with Crippen molar-refractivity contribution >= 4 is 11.6 Å². The second kappa shape index (κ2) is 7.20. The molecule has 0 spiro atoms. The summed E-state index contributed by atoms with van der Waals surface area (Å²) in [5.41, 5.74) is 2.61. The van der Waals surface area contributed by atoms with Crippen molar-refractivity contribution in [3.05, 3.63) is 59.4 Å². The zero-order valence-electron chi connectivity index (χ0n) is 14.9. The lowest BCUT2D eigenvalue weighted by atomic mass is 10.0. The number of aliphatic hydroxyl groups is 1. The number of hydrogen-bond acceptors (Lipinski definition) is 5. The van der Waals surface area contributed by atoms with Crippen LogP contribution in [0.3, 0.4) is 0 Å². The number of aryl methyl sites for hydroxylation is 1. The molecule has 1 aliphatic rings. The number of aromatic amines is 1. The molecule has 138 valence electrons. The number of aliphatic hydroxyl groups excluding tert-OH is 1. The molecule has 2 aromatic carbocycles. The summed E-state index contributed by atoms with van der Waals surface area (Å²) in [7, 11) is 0. The maximum atomic E-state index is 12.6. The molecule has 0 radical (unpaired) electrons. The Morgan fingerprint density at radius 2 is 2.11 bits per heavy atom. The second-order valence-corrected chi connectivity index (χ2v) is 6.37. The molecule has 7 heteroatoms. The topological polar surface area (TPSA) is 100 Å². The molecular formula is C20H20N4O3. The van der Waals surface area contributed by atoms with Crippen molar-refractivity contribution in [1.29, 1.82) is 0 Å². The van der Waals surface area contributed by atoms with Crippen molar-refractivity contribution in [2.24, 2.45) is 0 Å². The molecule has 3 aromatic rings. The minimum Gasteiger partial charge on any atom is -0.491 e. The van der Waals surface area contributed by atoms with E-state index in [4.69, 9.17) is 4.74 Å². The molecule has 0 saturated heterocycles. The van der Waals surface area contributed by atoms with Gasteiger partial charge in [-0.25, -0.2) is 4.98 Å². The summed E-state index contributed by atoms with van der Waals surface area (Å²) < 4.78 is 5.66. The van der Waals surface area contributed by atoms with Crippen LogP contribution in [0.5, 0.6) is 5.75 Å². The summed E-state index contributed by atoms with van der Waals surface area (Å²) in [5.74, 6) is 1.72. The molecule has 0 aliphatic carbocycles. The Balaban J connectivity index is 1.53. The summed E-state index contributed by atoms with van der Waals surface area (Å²) in [5, 5.41) is 20.0. The van der Waals surface area contributed by atoms with E-state index in [1.165, 1.54) is 0 Å². The number of fused-ring (bicyclic) bond motifs is 1. The van der Waals surface area contributed by atoms with E-state index in [2.05, 4.69) is 20.5 Å². The fraction of sp³-hybridized carbons (Fsp3) is 0.250. The monoisotopic (exact) mass is 364 g/mol. The lowest BCUT2D eigenvalue weighted by molar-refractivity contribution is 0.102. The van der Waals surface area contributed by atoms with Crippen molar-refractivity contribution in [3.63, 3.8) is 0 Å². The van der Waals surface area contributed by atoms with Crippen LogP contribution in [0.4, 0.5) is 5.69 Å². The van der Waals surface area contributed by atoms with Crippen LogP contribution < -0.4 is 10.1 Å². The number of benzene rings is 2. The van der Waals surface area contributed by atoms with E-state index in [1.807, 2.05) is 25.1 Å². The summed E-state index contributed by atoms with van der Waals surface area (Å²) >= 11 is 0. The SMILES string of the molecule is CCc1nc(-c2ccc(C(=O)Nc3cccc4c3OCCC4O)cc2)n[nH]1. The predicted octanol–water partition coefficient (Wildman–Crippen LogP) is 3.10. The first-order valence-electron chi connectivity index (χ1n) is 8.92. The molecule has 0 bridgehead atoms. The Hall–Kier alpha value is -3.19. The molecular weight excluding hydrogens is 344 g/mol. The zero-order valence-corrected chi connectivity index (χ0v) is 14.9. The van der Waals surface area contributed by atoms with Crippen LogP contribution in [0.15, 0.2) is 42.5 Å². The van der Waals surface area contributed by atoms with Gasteiger partial charge in [0.1, 0.15) is 11.6 Å². The lowest BCUT2D eigenvalue weighted by Gasteiger charge is -2.24. The number of H-pyrrole nitrogens is 1. The summed E-state index contributed by atoms with van der Waals surface area (Å²) in [4.78, 5) is 17.0. The van der Waals surface area contributed by atoms with Gasteiger partial charge in [-0.1, -0.05) is 31.2 Å². The molecule has 0 saturated carbocycles. The standard InChI is InChI=1S/C20H20N4O3/c1-2-17-22-19(24-23-17)12-6-8-13(9-7-12)20(26)21-15-5-3-4-14-16(25)10-11-27-18(14)15/h3-9,16,25H,2,10-11H2,1H3,(H,21,26)(H,22,23,24). The summed E-state index contributed by atoms with van der Waals surface area (Å²) in [6.07, 6.45) is 0.762. The summed E-state index contributed by atoms with van der Waals surface area (Å²) in [6, 6.07) is 12.5. The van der Waals surface area contributed by atoms with Gasteiger partial charge in [-0.3, -0.25) is 9.89 Å². The molecule has 27 heavy (non-hydrogen) atoms. The minimum absolute atomic E-state index is 0.247. The Morgan fingerprint density at radius 1 is 1.30 bits per heavy atom. The fourth-order valence-electron chi connectivity index (χ4n) is 3.05. The maximum absolute atomic E-state index is 12.6. The number of para-hydroxylation sites is 1. The van der Waals surface area contributed by atoms with Gasteiger partial charge in [-0.2, -0.15) is 5.10 Å². The minimum atomic E-state index is -0.570. The molecule has 4 rings (SSSR count). The molecule has 1 unspecified atom stereocenters. The van der Waals surface area contributed by atoms with Gasteiger partial charge in [0.2, 0.25) is 0 Å². The average Bonchev–Trinajstić information content (AvgIpc) is 3.18. The third-order valence-electron chi connectivity index (χ3n) is 4.56. The Morgan fingerprint density at radius 3 is 2.85 bits per heavy atom. The van der Waals surface area contributed by atoms with E-state index >= 15 is 0 Å². The van der Waals surface area contributed by atoms with E-state index in [1.54, 1.807) is 24.3 Å². The Kier molecular flexibility index (Phi) is 4.60. The number of hydrogen-bond donors (Lipinski definition) is 3. The average molecular weight is 364 g/mol. The first-order valence-corrected chi connectivity index (χ1v) is 8.92. The van der Waals surface area contributed by atoms with E-state index in [-0.39, 0.29) is 5.91 Å². The van der Waals surface area contributed by atoms with Crippen molar-refractivity contribution in [2.75, 3.05) is 11.9 Å². The number of aromatic nitrogens is 3. The van der Waals surface area contributed by atoms with Crippen LogP contribution in [0.25, 0.3) is 11.4 Å². The number of nitrogens with one attached hydrogen (secondary N) is 2. The zero-order chi connectivity index (χ0) is 18.8. The first-order chi connectivity index (χ1) is 13.2. The number of nitrogens with zero attached hydrogens (tertiary/aromatic N) is 2. The molecule has 3 N–H and O–H groups in total. The largest absolute Gasteiger partial charge is 0.491 e. The molecule has 2 heterocycles. The van der Waals surface area contributed by atoms with Gasteiger partial charge in [0, 0.05) is 29.5 Å². The third kappa shape index (κ3) is 3.41. The van der Waals surface area contributed by atoms with E-state index < -0.39 is 6.10 Å². The van der Waals surface area contributed by atoms with E-state index in [9.17, 15) is 9.90 Å². The van der Waals surface area contributed by atoms with E-state index in [0.29, 0.717) is 41.4 Å². The van der Waals surface area contributed by atoms with Crippen LogP contribution in [0, 0.1) is 0 Å². The number of anilines is 1. The van der Waals surface area contributed by atoms with Crippen LogP contribution in [-0.4, -0.2) is 32.8 Å². The first kappa shape index (κ1) is 17.2. The van der Waals surface area contributed by atoms with Gasteiger partial charge in [-0.15, -0.1) is 0 Å². The predicted molar refractivity (Wildman–Crippen MR) is 101 cm³/mol. The van der Waals surface area contributed by atoms with Crippen molar-refractivity contribution in [2.45, 2.75) is 25.9 Å². The van der Waals surface area contributed by atoms with Crippen LogP contribution in [0.2, 0.25) is 0 Å². The highest BCUT2D eigenvalue weighted by molar-refractivity contribution is 6.05. The Bertz CT molecular complexity index is 966. The number of carbonyl (C=O) groups is 1. The highest BCUT2D eigenvalue weighted by Gasteiger charge is 2.22. The second-order valence-electron chi connectivity index (χ2n) is 6.37. The summed E-state index contributed by atoms with van der Waals surface area (Å²) in [6.45, 7) is 2.43. The van der Waals surface area contributed by atoms with Crippen molar-refractivity contribution < 1.29 is 14.6 Å². The molecule has 1 amide bonds. The van der Waals surface area contributed by atoms with Gasteiger partial charge >= 0.3 is 0 Å². The molecule has 1 aliphatic heterocycles. The number of ether oxygens (including phenoxy) is 1.